The van der Waals surface area contributed by atoms with E-state index in [1.807, 2.05) is 32.3 Å². The van der Waals surface area contributed by atoms with Crippen molar-refractivity contribution in [3.05, 3.63) is 35.5 Å². The summed E-state index contributed by atoms with van der Waals surface area (Å²) < 4.78 is 4.99. The zero-order valence-electron chi connectivity index (χ0n) is 12.8. The fraction of sp³-hybridized carbons (Fsp3) is 0.400. The highest BCUT2D eigenvalue weighted by molar-refractivity contribution is 5.93. The van der Waals surface area contributed by atoms with Gasteiger partial charge in [-0.2, -0.15) is 10.3 Å². The zero-order chi connectivity index (χ0) is 15.4. The van der Waals surface area contributed by atoms with Crippen LogP contribution >= 0.6 is 0 Å². The molecule has 1 aromatic carbocycles. The summed E-state index contributed by atoms with van der Waals surface area (Å²) >= 11 is 0. The fourth-order valence-electron chi connectivity index (χ4n) is 2.02. The van der Waals surface area contributed by atoms with Crippen molar-refractivity contribution in [3.63, 3.8) is 0 Å². The summed E-state index contributed by atoms with van der Waals surface area (Å²) in [6.07, 6.45) is 0. The van der Waals surface area contributed by atoms with Gasteiger partial charge in [0, 0.05) is 11.6 Å². The van der Waals surface area contributed by atoms with Crippen LogP contribution in [0.2, 0.25) is 0 Å². The van der Waals surface area contributed by atoms with Crippen molar-refractivity contribution in [1.29, 1.82) is 0 Å². The Balaban J connectivity index is 2.37. The molecule has 0 spiro atoms. The van der Waals surface area contributed by atoms with E-state index in [1.54, 1.807) is 6.92 Å². The molecular formula is C15H20N4O2. The largest absolute Gasteiger partial charge is 0.461 e. The first-order valence-electron chi connectivity index (χ1n) is 6.89. The van der Waals surface area contributed by atoms with E-state index < -0.39 is 5.97 Å². The van der Waals surface area contributed by atoms with E-state index in [-0.39, 0.29) is 11.7 Å². The van der Waals surface area contributed by atoms with Gasteiger partial charge in [0.25, 0.3) is 0 Å². The molecule has 0 bridgehead atoms. The van der Waals surface area contributed by atoms with Gasteiger partial charge < -0.3 is 9.64 Å². The Bertz CT molecular complexity index is 622. The van der Waals surface area contributed by atoms with Gasteiger partial charge >= 0.3 is 5.97 Å². The van der Waals surface area contributed by atoms with E-state index in [0.29, 0.717) is 12.3 Å². The normalized spacial score (nSPS) is 12.4. The zero-order valence-corrected chi connectivity index (χ0v) is 12.8. The molecular weight excluding hydrogens is 268 g/mol. The number of carbonyl (C=O) groups excluding carboxylic acids is 1. The lowest BCUT2D eigenvalue weighted by molar-refractivity contribution is 0.0520. The highest BCUT2D eigenvalue weighted by atomic mass is 16.5. The van der Waals surface area contributed by atoms with Gasteiger partial charge in [0.05, 0.1) is 6.61 Å². The third kappa shape index (κ3) is 3.28. The van der Waals surface area contributed by atoms with Crippen molar-refractivity contribution >= 4 is 5.97 Å². The minimum atomic E-state index is -0.465. The molecule has 1 unspecified atom stereocenters. The number of H-pyrrole nitrogens is 1. The highest BCUT2D eigenvalue weighted by Gasteiger charge is 2.19. The van der Waals surface area contributed by atoms with E-state index in [0.717, 1.165) is 11.1 Å². The Morgan fingerprint density at radius 3 is 2.81 bits per heavy atom. The van der Waals surface area contributed by atoms with Gasteiger partial charge in [0.15, 0.2) is 5.69 Å². The van der Waals surface area contributed by atoms with Crippen LogP contribution in [0.3, 0.4) is 0 Å². The monoisotopic (exact) mass is 288 g/mol. The molecule has 2 aromatic rings. The number of carbonyl (C=O) groups is 1. The van der Waals surface area contributed by atoms with E-state index in [1.165, 1.54) is 0 Å². The minimum absolute atomic E-state index is 0.214. The Morgan fingerprint density at radius 1 is 1.38 bits per heavy atom. The molecule has 1 N–H and O–H groups in total. The predicted molar refractivity (Wildman–Crippen MR) is 79.9 cm³/mol. The SMILES string of the molecule is CCOC(=O)c1n[nH]nc1-c1cccc(C(C)N(C)C)c1. The number of aromatic nitrogens is 3. The van der Waals surface area contributed by atoms with Crippen LogP contribution in [0.15, 0.2) is 24.3 Å². The summed E-state index contributed by atoms with van der Waals surface area (Å²) in [6.45, 7) is 4.19. The van der Waals surface area contributed by atoms with Crippen LogP contribution in [-0.4, -0.2) is 47.0 Å². The summed E-state index contributed by atoms with van der Waals surface area (Å²) in [5.74, 6) is -0.465. The molecule has 2 rings (SSSR count). The summed E-state index contributed by atoms with van der Waals surface area (Å²) in [5, 5.41) is 10.5. The Labute approximate surface area is 124 Å². The summed E-state index contributed by atoms with van der Waals surface area (Å²) in [6, 6.07) is 8.20. The molecule has 0 aliphatic heterocycles. The maximum atomic E-state index is 11.9. The van der Waals surface area contributed by atoms with Crippen molar-refractivity contribution in [1.82, 2.24) is 20.3 Å². The number of hydrogen-bond donors (Lipinski definition) is 1. The number of nitrogens with zero attached hydrogens (tertiary/aromatic N) is 3. The third-order valence-electron chi connectivity index (χ3n) is 3.43. The molecule has 6 heteroatoms. The molecule has 0 amide bonds. The van der Waals surface area contributed by atoms with E-state index in [4.69, 9.17) is 4.74 Å². The van der Waals surface area contributed by atoms with Gasteiger partial charge in [-0.3, -0.25) is 0 Å². The molecule has 21 heavy (non-hydrogen) atoms. The van der Waals surface area contributed by atoms with Gasteiger partial charge in [-0.1, -0.05) is 18.2 Å². The Hall–Kier alpha value is -2.21. The minimum Gasteiger partial charge on any atom is -0.461 e. The van der Waals surface area contributed by atoms with Gasteiger partial charge in [-0.15, -0.1) is 5.10 Å². The molecule has 6 nitrogen and oxygen atoms in total. The maximum absolute atomic E-state index is 11.9. The molecule has 0 saturated heterocycles. The van der Waals surface area contributed by atoms with Gasteiger partial charge in [0.2, 0.25) is 0 Å². The predicted octanol–water partition coefficient (Wildman–Crippen LogP) is 2.27. The lowest BCUT2D eigenvalue weighted by atomic mass is 10.0. The number of ether oxygens (including phenoxy) is 1. The molecule has 1 aromatic heterocycles. The number of esters is 1. The first-order valence-corrected chi connectivity index (χ1v) is 6.89. The Morgan fingerprint density at radius 2 is 2.14 bits per heavy atom. The topological polar surface area (TPSA) is 71.1 Å². The van der Waals surface area contributed by atoms with Crippen LogP contribution in [0.4, 0.5) is 0 Å². The van der Waals surface area contributed by atoms with Crippen LogP contribution in [0, 0.1) is 0 Å². The van der Waals surface area contributed by atoms with E-state index in [2.05, 4.69) is 33.3 Å². The molecule has 0 saturated carbocycles. The summed E-state index contributed by atoms with van der Waals surface area (Å²) in [5.41, 5.74) is 2.72. The number of benzene rings is 1. The molecule has 1 heterocycles. The van der Waals surface area contributed by atoms with Crippen LogP contribution in [-0.2, 0) is 4.74 Å². The number of nitrogens with one attached hydrogen (secondary N) is 1. The second-order valence-electron chi connectivity index (χ2n) is 5.01. The first kappa shape index (κ1) is 15.2. The van der Waals surface area contributed by atoms with E-state index >= 15 is 0 Å². The van der Waals surface area contributed by atoms with Crippen molar-refractivity contribution in [3.8, 4) is 11.3 Å². The van der Waals surface area contributed by atoms with Gasteiger partial charge in [-0.25, -0.2) is 4.79 Å². The lowest BCUT2D eigenvalue weighted by Crippen LogP contribution is -2.16. The molecule has 0 radical (unpaired) electrons. The third-order valence-corrected chi connectivity index (χ3v) is 3.43. The smallest absolute Gasteiger partial charge is 0.361 e. The van der Waals surface area contributed by atoms with Crippen LogP contribution in [0.1, 0.15) is 35.9 Å². The summed E-state index contributed by atoms with van der Waals surface area (Å²) in [4.78, 5) is 14.0. The molecule has 0 fully saturated rings. The highest BCUT2D eigenvalue weighted by Crippen LogP contribution is 2.25. The fourth-order valence-corrected chi connectivity index (χ4v) is 2.02. The lowest BCUT2D eigenvalue weighted by Gasteiger charge is -2.20. The second-order valence-corrected chi connectivity index (χ2v) is 5.01. The van der Waals surface area contributed by atoms with Crippen LogP contribution in [0.25, 0.3) is 11.3 Å². The van der Waals surface area contributed by atoms with Crippen molar-refractivity contribution in [2.24, 2.45) is 0 Å². The van der Waals surface area contributed by atoms with Crippen LogP contribution in [0.5, 0.6) is 0 Å². The molecule has 0 aliphatic carbocycles. The van der Waals surface area contributed by atoms with Crippen molar-refractivity contribution < 1.29 is 9.53 Å². The maximum Gasteiger partial charge on any atom is 0.361 e. The van der Waals surface area contributed by atoms with Crippen LogP contribution < -0.4 is 0 Å². The first-order chi connectivity index (χ1) is 10.0. The molecule has 0 aliphatic rings. The van der Waals surface area contributed by atoms with Gasteiger partial charge in [-0.05, 0) is 39.6 Å². The standard InChI is InChI=1S/C15H20N4O2/c1-5-21-15(20)14-13(16-18-17-14)12-8-6-7-11(9-12)10(2)19(3)4/h6-10H,5H2,1-4H3,(H,16,17,18). The van der Waals surface area contributed by atoms with Gasteiger partial charge in [0.1, 0.15) is 5.69 Å². The van der Waals surface area contributed by atoms with E-state index in [9.17, 15) is 4.79 Å². The summed E-state index contributed by atoms with van der Waals surface area (Å²) in [7, 11) is 4.05. The molecule has 1 atom stereocenters. The quantitative estimate of drug-likeness (QED) is 0.855. The average Bonchev–Trinajstić information content (AvgIpc) is 2.96. The average molecular weight is 288 g/mol. The Kier molecular flexibility index (Phi) is 4.70. The second kappa shape index (κ2) is 6.49. The number of hydrogen-bond acceptors (Lipinski definition) is 5. The van der Waals surface area contributed by atoms with Crippen molar-refractivity contribution in [2.45, 2.75) is 19.9 Å². The molecule has 112 valence electrons. The number of rotatable bonds is 5. The number of aromatic amines is 1. The van der Waals surface area contributed by atoms with Crippen molar-refractivity contribution in [2.75, 3.05) is 20.7 Å².